The van der Waals surface area contributed by atoms with Gasteiger partial charge in [-0.1, -0.05) is 6.07 Å². The van der Waals surface area contributed by atoms with Crippen molar-refractivity contribution in [3.8, 4) is 0 Å². The molecule has 2 aromatic rings. The molecule has 0 spiro atoms. The number of aromatic nitrogens is 2. The summed E-state index contributed by atoms with van der Waals surface area (Å²) in [5.41, 5.74) is 0.874. The van der Waals surface area contributed by atoms with E-state index < -0.39 is 17.2 Å². The Morgan fingerprint density at radius 3 is 2.67 bits per heavy atom. The number of nitrogens with zero attached hydrogens (tertiary/aromatic N) is 3. The van der Waals surface area contributed by atoms with Gasteiger partial charge in [0.15, 0.2) is 0 Å². The van der Waals surface area contributed by atoms with E-state index >= 15 is 0 Å². The van der Waals surface area contributed by atoms with Crippen LogP contribution in [0.25, 0.3) is 0 Å². The van der Waals surface area contributed by atoms with Crippen LogP contribution >= 0.6 is 0 Å². The normalized spacial score (nSPS) is 13.1. The smallest absolute Gasteiger partial charge is 0.331 e. The maximum atomic E-state index is 12.2. The largest absolute Gasteiger partial charge is 0.337 e. The number of rotatable bonds is 3. The van der Waals surface area contributed by atoms with Crippen molar-refractivity contribution in [3.63, 3.8) is 0 Å². The number of carbonyl (C=O) groups is 2. The van der Waals surface area contributed by atoms with Crippen LogP contribution in [0.2, 0.25) is 0 Å². The minimum absolute atomic E-state index is 0.0876. The molecule has 0 atom stereocenters. The highest BCUT2D eigenvalue weighted by Crippen LogP contribution is 2.28. The van der Waals surface area contributed by atoms with E-state index in [1.54, 1.807) is 30.1 Å². The summed E-state index contributed by atoms with van der Waals surface area (Å²) in [6, 6.07) is 6.35. The maximum absolute atomic E-state index is 12.2. The standard InChI is InChI=1S/C16H16N4O4/c1-18-8-11-10(15(18)23)4-3-5-12(11)17-13(21)9-20-7-6-14(22)19(2)16(20)24/h3-7H,8-9H2,1-2H3,(H,17,21). The molecule has 0 fully saturated rings. The first-order valence-corrected chi connectivity index (χ1v) is 7.32. The molecule has 8 nitrogen and oxygen atoms in total. The van der Waals surface area contributed by atoms with Gasteiger partial charge in [-0.15, -0.1) is 0 Å². The third kappa shape index (κ3) is 2.62. The summed E-state index contributed by atoms with van der Waals surface area (Å²) in [5, 5.41) is 2.73. The van der Waals surface area contributed by atoms with Crippen LogP contribution in [0.4, 0.5) is 5.69 Å². The van der Waals surface area contributed by atoms with Gasteiger partial charge in [0.05, 0.1) is 0 Å². The summed E-state index contributed by atoms with van der Waals surface area (Å²) in [5.74, 6) is -0.499. The predicted octanol–water partition coefficient (Wildman–Crippen LogP) is -0.229. The molecule has 24 heavy (non-hydrogen) atoms. The summed E-state index contributed by atoms with van der Waals surface area (Å²) in [7, 11) is 3.04. The molecule has 0 saturated carbocycles. The number of nitrogens with one attached hydrogen (secondary N) is 1. The zero-order chi connectivity index (χ0) is 17.4. The van der Waals surface area contributed by atoms with Crippen molar-refractivity contribution in [1.29, 1.82) is 0 Å². The van der Waals surface area contributed by atoms with Gasteiger partial charge in [-0.3, -0.25) is 23.5 Å². The highest BCUT2D eigenvalue weighted by Gasteiger charge is 2.26. The zero-order valence-corrected chi connectivity index (χ0v) is 13.3. The van der Waals surface area contributed by atoms with E-state index in [1.165, 1.54) is 19.3 Å². The monoisotopic (exact) mass is 328 g/mol. The van der Waals surface area contributed by atoms with Crippen molar-refractivity contribution in [2.75, 3.05) is 12.4 Å². The molecule has 3 rings (SSSR count). The predicted molar refractivity (Wildman–Crippen MR) is 86.8 cm³/mol. The molecular formula is C16H16N4O4. The van der Waals surface area contributed by atoms with Gasteiger partial charge in [-0.05, 0) is 12.1 Å². The highest BCUT2D eigenvalue weighted by molar-refractivity contribution is 6.01. The Labute approximate surface area is 136 Å². The Morgan fingerprint density at radius 1 is 1.17 bits per heavy atom. The van der Waals surface area contributed by atoms with E-state index in [0.29, 0.717) is 17.8 Å². The molecule has 0 unspecified atom stereocenters. The van der Waals surface area contributed by atoms with Crippen LogP contribution in [-0.2, 0) is 24.9 Å². The van der Waals surface area contributed by atoms with Gasteiger partial charge in [0, 0.05) is 49.7 Å². The number of hydrogen-bond acceptors (Lipinski definition) is 4. The van der Waals surface area contributed by atoms with Crippen LogP contribution in [0.15, 0.2) is 40.1 Å². The molecule has 2 amide bonds. The molecule has 1 aliphatic heterocycles. The fourth-order valence-electron chi connectivity index (χ4n) is 2.67. The Morgan fingerprint density at radius 2 is 1.92 bits per heavy atom. The zero-order valence-electron chi connectivity index (χ0n) is 13.3. The van der Waals surface area contributed by atoms with Gasteiger partial charge < -0.3 is 10.2 Å². The van der Waals surface area contributed by atoms with E-state index in [1.807, 2.05) is 0 Å². The Kier molecular flexibility index (Phi) is 3.80. The molecule has 0 radical (unpaired) electrons. The van der Waals surface area contributed by atoms with Crippen LogP contribution in [0.5, 0.6) is 0 Å². The number of fused-ring (bicyclic) bond motifs is 1. The summed E-state index contributed by atoms with van der Waals surface area (Å²) < 4.78 is 2.08. The van der Waals surface area contributed by atoms with Crippen LogP contribution < -0.4 is 16.6 Å². The van der Waals surface area contributed by atoms with Crippen LogP contribution in [0, 0.1) is 0 Å². The molecule has 1 aliphatic rings. The summed E-state index contributed by atoms with van der Waals surface area (Å²) in [4.78, 5) is 49.1. The summed E-state index contributed by atoms with van der Waals surface area (Å²) in [6.45, 7) is 0.199. The molecule has 124 valence electrons. The van der Waals surface area contributed by atoms with E-state index in [4.69, 9.17) is 0 Å². The Hall–Kier alpha value is -3.16. The topological polar surface area (TPSA) is 93.4 Å². The number of hydrogen-bond donors (Lipinski definition) is 1. The molecule has 8 heteroatoms. The fourth-order valence-corrected chi connectivity index (χ4v) is 2.67. The lowest BCUT2D eigenvalue weighted by Gasteiger charge is -2.11. The van der Waals surface area contributed by atoms with Crippen molar-refractivity contribution < 1.29 is 9.59 Å². The van der Waals surface area contributed by atoms with Gasteiger partial charge in [-0.2, -0.15) is 0 Å². The molecule has 1 aromatic heterocycles. The van der Waals surface area contributed by atoms with Crippen molar-refractivity contribution in [2.45, 2.75) is 13.1 Å². The quantitative estimate of drug-likeness (QED) is 0.842. The van der Waals surface area contributed by atoms with Crippen molar-refractivity contribution in [3.05, 3.63) is 62.4 Å². The summed E-state index contributed by atoms with van der Waals surface area (Å²) >= 11 is 0. The van der Waals surface area contributed by atoms with Crippen molar-refractivity contribution >= 4 is 17.5 Å². The average Bonchev–Trinajstić information content (AvgIpc) is 2.84. The lowest BCUT2D eigenvalue weighted by molar-refractivity contribution is -0.116. The number of benzene rings is 1. The first-order chi connectivity index (χ1) is 11.4. The highest BCUT2D eigenvalue weighted by atomic mass is 16.2. The second-order valence-corrected chi connectivity index (χ2v) is 5.66. The first kappa shape index (κ1) is 15.7. The average molecular weight is 328 g/mol. The molecular weight excluding hydrogens is 312 g/mol. The lowest BCUT2D eigenvalue weighted by atomic mass is 10.1. The van der Waals surface area contributed by atoms with Gasteiger partial charge in [0.25, 0.3) is 11.5 Å². The fraction of sp³-hybridized carbons (Fsp3) is 0.250. The minimum atomic E-state index is -0.564. The minimum Gasteiger partial charge on any atom is -0.337 e. The SMILES string of the molecule is CN1Cc2c(NC(=O)Cn3ccc(=O)n(C)c3=O)cccc2C1=O. The van der Waals surface area contributed by atoms with Crippen LogP contribution in [-0.4, -0.2) is 32.9 Å². The number of anilines is 1. The van der Waals surface area contributed by atoms with E-state index in [9.17, 15) is 19.2 Å². The molecule has 0 aliphatic carbocycles. The Balaban J connectivity index is 1.83. The third-order valence-electron chi connectivity index (χ3n) is 4.00. The van der Waals surface area contributed by atoms with Crippen LogP contribution in [0.1, 0.15) is 15.9 Å². The van der Waals surface area contributed by atoms with Gasteiger partial charge >= 0.3 is 5.69 Å². The van der Waals surface area contributed by atoms with Crippen LogP contribution in [0.3, 0.4) is 0 Å². The molecule has 1 N–H and O–H groups in total. The Bertz CT molecular complexity index is 957. The lowest BCUT2D eigenvalue weighted by Crippen LogP contribution is -2.39. The van der Waals surface area contributed by atoms with E-state index in [2.05, 4.69) is 5.32 Å². The number of carbonyl (C=O) groups excluding carboxylic acids is 2. The summed E-state index contributed by atoms with van der Waals surface area (Å²) in [6.07, 6.45) is 1.29. The third-order valence-corrected chi connectivity index (χ3v) is 4.00. The molecule has 0 saturated heterocycles. The molecule has 1 aromatic carbocycles. The second-order valence-electron chi connectivity index (χ2n) is 5.66. The first-order valence-electron chi connectivity index (χ1n) is 7.32. The number of amides is 2. The van der Waals surface area contributed by atoms with E-state index in [-0.39, 0.29) is 12.5 Å². The molecule has 2 heterocycles. The van der Waals surface area contributed by atoms with E-state index in [0.717, 1.165) is 14.7 Å². The van der Waals surface area contributed by atoms with Crippen molar-refractivity contribution in [2.24, 2.45) is 7.05 Å². The molecule has 0 bridgehead atoms. The van der Waals surface area contributed by atoms with Gasteiger partial charge in [0.2, 0.25) is 5.91 Å². The van der Waals surface area contributed by atoms with Crippen molar-refractivity contribution in [1.82, 2.24) is 14.0 Å². The van der Waals surface area contributed by atoms with Gasteiger partial charge in [-0.25, -0.2) is 4.79 Å². The van der Waals surface area contributed by atoms with Gasteiger partial charge in [0.1, 0.15) is 6.54 Å². The second kappa shape index (κ2) is 5.80. The maximum Gasteiger partial charge on any atom is 0.331 e.